The minimum Gasteiger partial charge on any atom is -0.462 e. The van der Waals surface area contributed by atoms with Crippen LogP contribution in [-0.2, 0) is 16.0 Å². The first kappa shape index (κ1) is 20.6. The van der Waals surface area contributed by atoms with Gasteiger partial charge in [-0.3, -0.25) is 4.79 Å². The molecule has 4 heteroatoms. The molecule has 1 aromatic carbocycles. The van der Waals surface area contributed by atoms with Crippen molar-refractivity contribution in [1.82, 2.24) is 0 Å². The van der Waals surface area contributed by atoms with Crippen LogP contribution >= 0.6 is 0 Å². The molecule has 28 heavy (non-hydrogen) atoms. The monoisotopic (exact) mass is 383 g/mol. The molecule has 0 N–H and O–H groups in total. The minimum absolute atomic E-state index is 0.0137. The van der Waals surface area contributed by atoms with Gasteiger partial charge in [-0.2, -0.15) is 9.65 Å². The van der Waals surface area contributed by atoms with Crippen LogP contribution in [-0.4, -0.2) is 12.1 Å². The average Bonchev–Trinajstić information content (AvgIpc) is 2.75. The fourth-order valence-corrected chi connectivity index (χ4v) is 4.57. The number of benzene rings is 1. The van der Waals surface area contributed by atoms with E-state index in [1.807, 2.05) is 0 Å². The number of hydrogen-bond acceptors (Lipinski definition) is 3. The molecule has 1 aromatic rings. The Hall–Kier alpha value is -2.15. The maximum atomic E-state index is 13.1. The van der Waals surface area contributed by atoms with Gasteiger partial charge in [0.1, 0.15) is 12.2 Å². The van der Waals surface area contributed by atoms with E-state index in [0.29, 0.717) is 5.92 Å². The van der Waals surface area contributed by atoms with Gasteiger partial charge in [0.05, 0.1) is 5.92 Å². The lowest BCUT2D eigenvalue weighted by Gasteiger charge is -2.31. The summed E-state index contributed by atoms with van der Waals surface area (Å²) < 4.78 is 18.8. The highest BCUT2D eigenvalue weighted by Gasteiger charge is 2.31. The lowest BCUT2D eigenvalue weighted by molar-refractivity contribution is -0.157. The molecule has 0 aliphatic heterocycles. The summed E-state index contributed by atoms with van der Waals surface area (Å²) in [5.41, 5.74) is 2.75. The topological polar surface area (TPSA) is 50.1 Å². The zero-order valence-corrected chi connectivity index (χ0v) is 16.7. The molecule has 0 amide bonds. The first-order chi connectivity index (χ1) is 13.6. The molecule has 3 rings (SSSR count). The molecule has 3 nitrogen and oxygen atoms in total. The fourth-order valence-electron chi connectivity index (χ4n) is 4.57. The summed E-state index contributed by atoms with van der Waals surface area (Å²) >= 11 is 0. The van der Waals surface area contributed by atoms with Crippen molar-refractivity contribution in [3.63, 3.8) is 0 Å². The maximum absolute atomic E-state index is 13.1. The van der Waals surface area contributed by atoms with Crippen molar-refractivity contribution in [2.24, 2.45) is 11.8 Å². The summed E-state index contributed by atoms with van der Waals surface area (Å²) in [5, 5.41) is 8.53. The summed E-state index contributed by atoms with van der Waals surface area (Å²) in [6, 6.07) is 10.4. The Labute approximate surface area is 167 Å². The number of nitriles is 1. The van der Waals surface area contributed by atoms with Crippen LogP contribution in [0.25, 0.3) is 0 Å². The third-order valence-corrected chi connectivity index (χ3v) is 6.41. The predicted octanol–water partition coefficient (Wildman–Crippen LogP) is 6.00. The van der Waals surface area contributed by atoms with Crippen LogP contribution in [0.2, 0.25) is 0 Å². The number of hydrogen-bond donors (Lipinski definition) is 0. The molecule has 2 saturated carbocycles. The Morgan fingerprint density at radius 2 is 1.75 bits per heavy atom. The van der Waals surface area contributed by atoms with Crippen molar-refractivity contribution < 1.29 is 13.9 Å². The summed E-state index contributed by atoms with van der Waals surface area (Å²) in [6.07, 6.45) is 9.33. The first-order valence-corrected chi connectivity index (χ1v) is 10.7. The molecule has 150 valence electrons. The number of allylic oxidation sites excluding steroid dienone is 2. The minimum atomic E-state index is -0.707. The van der Waals surface area contributed by atoms with Crippen LogP contribution in [0, 0.1) is 23.2 Å². The first-order valence-electron chi connectivity index (χ1n) is 10.7. The number of rotatable bonds is 5. The summed E-state index contributed by atoms with van der Waals surface area (Å²) in [7, 11) is 0. The van der Waals surface area contributed by atoms with Crippen LogP contribution in [0.15, 0.2) is 36.2 Å². The molecule has 0 aromatic heterocycles. The van der Waals surface area contributed by atoms with Gasteiger partial charge in [0, 0.05) is 0 Å². The average molecular weight is 384 g/mol. The van der Waals surface area contributed by atoms with Crippen LogP contribution in [0.3, 0.4) is 0 Å². The summed E-state index contributed by atoms with van der Waals surface area (Å²) in [6.45, 7) is 2.17. The molecular weight excluding hydrogens is 353 g/mol. The molecule has 0 atom stereocenters. The molecule has 2 fully saturated rings. The number of carbonyl (C=O) groups excluding carboxylic acids is 1. The molecule has 2 aliphatic carbocycles. The van der Waals surface area contributed by atoms with Crippen molar-refractivity contribution in [3.8, 4) is 6.07 Å². The van der Waals surface area contributed by atoms with Crippen LogP contribution in [0.4, 0.5) is 4.39 Å². The second kappa shape index (κ2) is 9.87. The highest BCUT2D eigenvalue weighted by Crippen LogP contribution is 2.37. The van der Waals surface area contributed by atoms with E-state index in [1.54, 1.807) is 0 Å². The van der Waals surface area contributed by atoms with E-state index in [4.69, 9.17) is 10.00 Å². The molecular formula is C24H30FNO2. The summed E-state index contributed by atoms with van der Waals surface area (Å²) in [5.74, 6) is -0.111. The molecule has 0 unspecified atom stereocenters. The standard InChI is InChI=1S/C24H30FNO2/c1-2-17-3-7-19(8-4-17)20-9-11-21(12-10-20)24(27)28-23-13-5-18(6-14-23)15-22(25)16-26/h3-4,7-8,15,18,20-21,23H,2,5-6,9-14H2,1H3/t18-,20-,21-,23-. The van der Waals surface area contributed by atoms with Crippen LogP contribution < -0.4 is 0 Å². The Morgan fingerprint density at radius 1 is 1.11 bits per heavy atom. The normalized spacial score (nSPS) is 28.4. The zero-order valence-electron chi connectivity index (χ0n) is 16.7. The number of aryl methyl sites for hydroxylation is 1. The van der Waals surface area contributed by atoms with Gasteiger partial charge in [-0.15, -0.1) is 0 Å². The second-order valence-electron chi connectivity index (χ2n) is 8.24. The van der Waals surface area contributed by atoms with Crippen molar-refractivity contribution in [3.05, 3.63) is 47.3 Å². The van der Waals surface area contributed by atoms with E-state index in [9.17, 15) is 9.18 Å². The third-order valence-electron chi connectivity index (χ3n) is 6.41. The van der Waals surface area contributed by atoms with Gasteiger partial charge in [-0.05, 0) is 86.8 Å². The zero-order chi connectivity index (χ0) is 19.9. The van der Waals surface area contributed by atoms with Crippen LogP contribution in [0.5, 0.6) is 0 Å². The lowest BCUT2D eigenvalue weighted by Crippen LogP contribution is -2.29. The molecule has 2 aliphatic rings. The van der Waals surface area contributed by atoms with Crippen LogP contribution in [0.1, 0.15) is 75.3 Å². The molecule has 0 radical (unpaired) electrons. The van der Waals surface area contributed by atoms with Crippen molar-refractivity contribution in [1.29, 1.82) is 5.26 Å². The largest absolute Gasteiger partial charge is 0.462 e. The molecule has 0 saturated heterocycles. The lowest BCUT2D eigenvalue weighted by atomic mass is 9.78. The van der Waals surface area contributed by atoms with Gasteiger partial charge in [0.2, 0.25) is 0 Å². The van der Waals surface area contributed by atoms with Gasteiger partial charge in [0.15, 0.2) is 5.83 Å². The number of nitrogens with zero attached hydrogens (tertiary/aromatic N) is 1. The molecule has 0 spiro atoms. The number of carbonyl (C=O) groups is 1. The second-order valence-corrected chi connectivity index (χ2v) is 8.24. The maximum Gasteiger partial charge on any atom is 0.309 e. The number of esters is 1. The van der Waals surface area contributed by atoms with E-state index in [0.717, 1.165) is 57.8 Å². The number of halogens is 1. The van der Waals surface area contributed by atoms with Gasteiger partial charge in [-0.25, -0.2) is 0 Å². The van der Waals surface area contributed by atoms with E-state index < -0.39 is 5.83 Å². The quantitative estimate of drug-likeness (QED) is 0.463. The Balaban J connectivity index is 1.42. The van der Waals surface area contributed by atoms with E-state index in [2.05, 4.69) is 31.2 Å². The Kier molecular flexibility index (Phi) is 7.25. The SMILES string of the molecule is CCc1ccc([C@H]2CC[C@H](C(=O)O[C@H]3CC[C@H](C=C(F)C#N)CC3)CC2)cc1. The van der Waals surface area contributed by atoms with Gasteiger partial charge in [-0.1, -0.05) is 31.2 Å². The van der Waals surface area contributed by atoms with E-state index >= 15 is 0 Å². The summed E-state index contributed by atoms with van der Waals surface area (Å²) in [4.78, 5) is 12.6. The van der Waals surface area contributed by atoms with Gasteiger partial charge in [0.25, 0.3) is 0 Å². The Bertz CT molecular complexity index is 718. The molecule has 0 heterocycles. The van der Waals surface area contributed by atoms with E-state index in [-0.39, 0.29) is 23.9 Å². The van der Waals surface area contributed by atoms with E-state index in [1.165, 1.54) is 23.3 Å². The van der Waals surface area contributed by atoms with Crippen molar-refractivity contribution >= 4 is 5.97 Å². The predicted molar refractivity (Wildman–Crippen MR) is 107 cm³/mol. The molecule has 0 bridgehead atoms. The van der Waals surface area contributed by atoms with Gasteiger partial charge < -0.3 is 4.74 Å². The van der Waals surface area contributed by atoms with Crippen molar-refractivity contribution in [2.75, 3.05) is 0 Å². The highest BCUT2D eigenvalue weighted by atomic mass is 19.1. The van der Waals surface area contributed by atoms with Crippen molar-refractivity contribution in [2.45, 2.75) is 76.7 Å². The van der Waals surface area contributed by atoms with Gasteiger partial charge >= 0.3 is 5.97 Å². The smallest absolute Gasteiger partial charge is 0.309 e. The Morgan fingerprint density at radius 3 is 2.32 bits per heavy atom. The highest BCUT2D eigenvalue weighted by molar-refractivity contribution is 5.72. The number of ether oxygens (including phenoxy) is 1. The fraction of sp³-hybridized carbons (Fsp3) is 0.583. The third kappa shape index (κ3) is 5.44.